The molecule has 0 fully saturated rings. The molecule has 1 aromatic carbocycles. The number of benzene rings is 1. The first kappa shape index (κ1) is 23.3. The molecular weight excluding hydrogens is 358 g/mol. The molecule has 0 amide bonds. The van der Waals surface area contributed by atoms with Crippen LogP contribution in [0.2, 0.25) is 0 Å². The Morgan fingerprint density at radius 3 is 2.52 bits per heavy atom. The minimum Gasteiger partial charge on any atom is -0.393 e. The summed E-state index contributed by atoms with van der Waals surface area (Å²) in [6, 6.07) is 10.1. The third kappa shape index (κ3) is 10.4. The number of aryl methyl sites for hydroxylation is 1. The number of aliphatic hydroxyl groups is 1. The summed E-state index contributed by atoms with van der Waals surface area (Å²) < 4.78 is 0. The average Bonchev–Trinajstić information content (AvgIpc) is 3.22. The second-order valence-corrected chi connectivity index (χ2v) is 7.99. The number of aliphatic hydroxyl groups excluding tert-OH is 1. The van der Waals surface area contributed by atoms with Crippen LogP contribution in [0.3, 0.4) is 0 Å². The number of hydrogen-bond acceptors (Lipinski definition) is 3. The quantitative estimate of drug-likeness (QED) is 0.247. The first-order valence-electron chi connectivity index (χ1n) is 11.6. The molecular formula is C25H39N3O. The molecule has 1 heterocycles. The Morgan fingerprint density at radius 2 is 1.69 bits per heavy atom. The molecule has 1 atom stereocenters. The topological polar surface area (TPSA) is 61.8 Å². The highest BCUT2D eigenvalue weighted by Gasteiger charge is 2.05. The van der Waals surface area contributed by atoms with Gasteiger partial charge in [0.05, 0.1) is 6.10 Å². The lowest BCUT2D eigenvalue weighted by atomic mass is 10.1. The van der Waals surface area contributed by atoms with E-state index in [2.05, 4.69) is 34.3 Å². The molecule has 0 saturated heterocycles. The summed E-state index contributed by atoms with van der Waals surface area (Å²) in [5.74, 6) is 1.78. The summed E-state index contributed by atoms with van der Waals surface area (Å²) in [4.78, 5) is 4.59. The summed E-state index contributed by atoms with van der Waals surface area (Å²) in [7, 11) is 0. The highest BCUT2D eigenvalue weighted by molar-refractivity contribution is 5.53. The van der Waals surface area contributed by atoms with E-state index in [9.17, 15) is 5.11 Å². The van der Waals surface area contributed by atoms with Crippen LogP contribution in [0.1, 0.15) is 89.8 Å². The molecule has 0 radical (unpaired) electrons. The minimum absolute atomic E-state index is 0.151. The molecule has 0 spiro atoms. The van der Waals surface area contributed by atoms with Gasteiger partial charge in [0.2, 0.25) is 0 Å². The number of nitrogens with zero attached hydrogens (tertiary/aromatic N) is 2. The second kappa shape index (κ2) is 15.0. The SMILES string of the molecule is CCCCCCC(O)C/C=C\CCCCCCCc1nc(-c2ccccc2)n[nH]1. The van der Waals surface area contributed by atoms with Crippen LogP contribution in [0.4, 0.5) is 0 Å². The minimum atomic E-state index is -0.151. The zero-order chi connectivity index (χ0) is 20.6. The van der Waals surface area contributed by atoms with Gasteiger partial charge in [0.25, 0.3) is 0 Å². The molecule has 0 bridgehead atoms. The molecule has 4 heteroatoms. The van der Waals surface area contributed by atoms with Gasteiger partial charge in [0.15, 0.2) is 5.82 Å². The van der Waals surface area contributed by atoms with E-state index >= 15 is 0 Å². The number of aromatic amines is 1. The molecule has 0 saturated carbocycles. The van der Waals surface area contributed by atoms with Gasteiger partial charge in [-0.1, -0.05) is 94.4 Å². The van der Waals surface area contributed by atoms with Crippen molar-refractivity contribution in [2.45, 2.75) is 96.5 Å². The van der Waals surface area contributed by atoms with Crippen LogP contribution in [-0.4, -0.2) is 26.4 Å². The lowest BCUT2D eigenvalue weighted by molar-refractivity contribution is 0.163. The van der Waals surface area contributed by atoms with E-state index in [1.165, 1.54) is 44.9 Å². The van der Waals surface area contributed by atoms with Crippen molar-refractivity contribution < 1.29 is 5.11 Å². The molecule has 0 aliphatic heterocycles. The Balaban J connectivity index is 1.44. The highest BCUT2D eigenvalue weighted by atomic mass is 16.3. The molecule has 29 heavy (non-hydrogen) atoms. The maximum absolute atomic E-state index is 9.95. The van der Waals surface area contributed by atoms with Crippen LogP contribution in [0.5, 0.6) is 0 Å². The monoisotopic (exact) mass is 397 g/mol. The number of nitrogens with one attached hydrogen (secondary N) is 1. The smallest absolute Gasteiger partial charge is 0.181 e. The van der Waals surface area contributed by atoms with Crippen molar-refractivity contribution in [2.24, 2.45) is 0 Å². The van der Waals surface area contributed by atoms with Gasteiger partial charge in [-0.3, -0.25) is 5.10 Å². The Kier molecular flexibility index (Phi) is 12.1. The van der Waals surface area contributed by atoms with Crippen LogP contribution in [-0.2, 0) is 6.42 Å². The molecule has 1 aromatic heterocycles. The van der Waals surface area contributed by atoms with Crippen molar-refractivity contribution >= 4 is 0 Å². The third-order valence-electron chi connectivity index (χ3n) is 5.31. The van der Waals surface area contributed by atoms with E-state index in [4.69, 9.17) is 0 Å². The number of rotatable bonds is 16. The Bertz CT molecular complexity index is 666. The predicted molar refractivity (Wildman–Crippen MR) is 122 cm³/mol. The third-order valence-corrected chi connectivity index (χ3v) is 5.31. The van der Waals surface area contributed by atoms with Gasteiger partial charge < -0.3 is 5.11 Å². The number of H-pyrrole nitrogens is 1. The zero-order valence-corrected chi connectivity index (χ0v) is 18.2. The summed E-state index contributed by atoms with van der Waals surface area (Å²) in [6.45, 7) is 2.22. The molecule has 2 aromatic rings. The number of hydrogen-bond donors (Lipinski definition) is 2. The van der Waals surface area contributed by atoms with Gasteiger partial charge in [-0.05, 0) is 32.1 Å². The normalized spacial score (nSPS) is 12.6. The summed E-state index contributed by atoms with van der Waals surface area (Å²) in [6.07, 6.45) is 19.2. The van der Waals surface area contributed by atoms with Crippen molar-refractivity contribution in [3.8, 4) is 11.4 Å². The fraction of sp³-hybridized carbons (Fsp3) is 0.600. The van der Waals surface area contributed by atoms with Crippen LogP contribution in [0.15, 0.2) is 42.5 Å². The predicted octanol–water partition coefficient (Wildman–Crippen LogP) is 6.63. The van der Waals surface area contributed by atoms with Crippen molar-refractivity contribution in [3.63, 3.8) is 0 Å². The largest absolute Gasteiger partial charge is 0.393 e. The van der Waals surface area contributed by atoms with E-state index in [-0.39, 0.29) is 6.10 Å². The van der Waals surface area contributed by atoms with Crippen LogP contribution in [0.25, 0.3) is 11.4 Å². The van der Waals surface area contributed by atoms with Crippen LogP contribution >= 0.6 is 0 Å². The maximum atomic E-state index is 9.95. The summed E-state index contributed by atoms with van der Waals surface area (Å²) >= 11 is 0. The fourth-order valence-corrected chi connectivity index (χ4v) is 3.50. The summed E-state index contributed by atoms with van der Waals surface area (Å²) in [5.41, 5.74) is 1.06. The Morgan fingerprint density at radius 1 is 0.931 bits per heavy atom. The van der Waals surface area contributed by atoms with E-state index < -0.39 is 0 Å². The van der Waals surface area contributed by atoms with Gasteiger partial charge in [-0.15, -0.1) is 0 Å². The molecule has 2 N–H and O–H groups in total. The lowest BCUT2D eigenvalue weighted by Gasteiger charge is -2.07. The average molecular weight is 398 g/mol. The molecule has 0 aliphatic rings. The highest BCUT2D eigenvalue weighted by Crippen LogP contribution is 2.15. The number of allylic oxidation sites excluding steroid dienone is 1. The summed E-state index contributed by atoms with van der Waals surface area (Å²) in [5, 5.41) is 17.3. The second-order valence-electron chi connectivity index (χ2n) is 7.99. The van der Waals surface area contributed by atoms with Crippen molar-refractivity contribution in [1.82, 2.24) is 15.2 Å². The standard InChI is InChI=1S/C25H39N3O/c1-2-3-4-14-19-23(29)20-15-9-7-5-6-8-10-16-21-24-26-25(28-27-24)22-17-12-11-13-18-22/h9,11-13,15,17-18,23,29H,2-8,10,14,16,19-21H2,1H3,(H,26,27,28)/b15-9-. The van der Waals surface area contributed by atoms with Gasteiger partial charge in [-0.2, -0.15) is 5.10 Å². The molecule has 0 aliphatic carbocycles. The Labute approximate surface area is 176 Å². The fourth-order valence-electron chi connectivity index (χ4n) is 3.50. The van der Waals surface area contributed by atoms with Gasteiger partial charge in [0.1, 0.15) is 5.82 Å². The Hall–Kier alpha value is -1.94. The van der Waals surface area contributed by atoms with E-state index in [1.54, 1.807) is 0 Å². The van der Waals surface area contributed by atoms with Crippen LogP contribution < -0.4 is 0 Å². The van der Waals surface area contributed by atoms with Gasteiger partial charge in [0, 0.05) is 12.0 Å². The van der Waals surface area contributed by atoms with E-state index in [0.717, 1.165) is 55.7 Å². The van der Waals surface area contributed by atoms with E-state index in [1.807, 2.05) is 30.3 Å². The first-order chi connectivity index (χ1) is 14.3. The van der Waals surface area contributed by atoms with Gasteiger partial charge in [-0.25, -0.2) is 4.98 Å². The zero-order valence-electron chi connectivity index (χ0n) is 18.2. The van der Waals surface area contributed by atoms with Crippen molar-refractivity contribution in [3.05, 3.63) is 48.3 Å². The molecule has 2 rings (SSSR count). The molecule has 160 valence electrons. The lowest BCUT2D eigenvalue weighted by Crippen LogP contribution is -2.04. The molecule has 1 unspecified atom stereocenters. The van der Waals surface area contributed by atoms with Gasteiger partial charge >= 0.3 is 0 Å². The maximum Gasteiger partial charge on any atom is 0.181 e. The number of aromatic nitrogens is 3. The first-order valence-corrected chi connectivity index (χ1v) is 11.6. The van der Waals surface area contributed by atoms with Crippen molar-refractivity contribution in [1.29, 1.82) is 0 Å². The molecule has 4 nitrogen and oxygen atoms in total. The van der Waals surface area contributed by atoms with E-state index in [0.29, 0.717) is 0 Å². The van der Waals surface area contributed by atoms with Crippen molar-refractivity contribution in [2.75, 3.05) is 0 Å². The van der Waals surface area contributed by atoms with Crippen LogP contribution in [0, 0.1) is 0 Å². The number of unbranched alkanes of at least 4 members (excludes halogenated alkanes) is 8.